The number of fused-ring (bicyclic) bond motifs is 1. The molecule has 0 saturated heterocycles. The van der Waals surface area contributed by atoms with Crippen LogP contribution in [0.2, 0.25) is 0 Å². The van der Waals surface area contributed by atoms with Crippen LogP contribution in [0.1, 0.15) is 26.3 Å². The Morgan fingerprint density at radius 3 is 2.65 bits per heavy atom. The van der Waals surface area contributed by atoms with Gasteiger partial charge in [0.1, 0.15) is 0 Å². The Balaban J connectivity index is 1.98. The molecular weight excluding hydrogens is 322 g/mol. The van der Waals surface area contributed by atoms with Crippen LogP contribution >= 0.6 is 15.9 Å². The van der Waals surface area contributed by atoms with Gasteiger partial charge in [-0.25, -0.2) is 0 Å². The van der Waals surface area contributed by atoms with E-state index in [0.717, 1.165) is 41.3 Å². The highest BCUT2D eigenvalue weighted by Crippen LogP contribution is 2.36. The van der Waals surface area contributed by atoms with Gasteiger partial charge in [0, 0.05) is 23.7 Å². The van der Waals surface area contributed by atoms with Crippen molar-refractivity contribution in [3.05, 3.63) is 22.2 Å². The van der Waals surface area contributed by atoms with Crippen molar-refractivity contribution in [1.82, 2.24) is 5.32 Å². The van der Waals surface area contributed by atoms with E-state index in [1.807, 2.05) is 19.1 Å². The van der Waals surface area contributed by atoms with Gasteiger partial charge in [-0.3, -0.25) is 0 Å². The summed E-state index contributed by atoms with van der Waals surface area (Å²) in [6.45, 7) is 8.97. The molecular formula is C15H22BrNO3. The molecule has 1 aromatic carbocycles. The second-order valence-electron chi connectivity index (χ2n) is 5.19. The van der Waals surface area contributed by atoms with Crippen molar-refractivity contribution in [1.29, 1.82) is 0 Å². The van der Waals surface area contributed by atoms with Crippen molar-refractivity contribution in [3.63, 3.8) is 0 Å². The Hall–Kier alpha value is -0.780. The maximum absolute atomic E-state index is 5.53. The minimum atomic E-state index is 0.303. The van der Waals surface area contributed by atoms with Gasteiger partial charge in [0.25, 0.3) is 0 Å². The SMILES string of the molecule is CCOCC(NCc1cc2c(cc1Br)OCO2)C(C)C. The summed E-state index contributed by atoms with van der Waals surface area (Å²) in [6, 6.07) is 4.33. The number of hydrogen-bond donors (Lipinski definition) is 1. The van der Waals surface area contributed by atoms with Gasteiger partial charge in [0.15, 0.2) is 11.5 Å². The molecule has 1 heterocycles. The maximum atomic E-state index is 5.53. The average Bonchev–Trinajstić information content (AvgIpc) is 2.85. The lowest BCUT2D eigenvalue weighted by Gasteiger charge is -2.22. The lowest BCUT2D eigenvalue weighted by molar-refractivity contribution is 0.108. The zero-order valence-electron chi connectivity index (χ0n) is 12.2. The van der Waals surface area contributed by atoms with Crippen LogP contribution < -0.4 is 14.8 Å². The zero-order valence-corrected chi connectivity index (χ0v) is 13.8. The summed E-state index contributed by atoms with van der Waals surface area (Å²) in [5.74, 6) is 2.14. The van der Waals surface area contributed by atoms with E-state index in [4.69, 9.17) is 14.2 Å². The monoisotopic (exact) mass is 343 g/mol. The third-order valence-electron chi connectivity index (χ3n) is 3.40. The van der Waals surface area contributed by atoms with Crippen LogP contribution in [0.5, 0.6) is 11.5 Å². The number of hydrogen-bond acceptors (Lipinski definition) is 4. The number of ether oxygens (including phenoxy) is 3. The molecule has 4 nitrogen and oxygen atoms in total. The van der Waals surface area contributed by atoms with E-state index in [0.29, 0.717) is 18.8 Å². The minimum absolute atomic E-state index is 0.303. The van der Waals surface area contributed by atoms with Gasteiger partial charge in [-0.1, -0.05) is 29.8 Å². The lowest BCUT2D eigenvalue weighted by Crippen LogP contribution is -2.37. The van der Waals surface area contributed by atoms with Crippen LogP contribution in [-0.2, 0) is 11.3 Å². The Morgan fingerprint density at radius 1 is 1.30 bits per heavy atom. The van der Waals surface area contributed by atoms with Crippen molar-refractivity contribution < 1.29 is 14.2 Å². The summed E-state index contributed by atoms with van der Waals surface area (Å²) in [7, 11) is 0. The van der Waals surface area contributed by atoms with Gasteiger partial charge in [-0.05, 0) is 30.5 Å². The standard InChI is InChI=1S/C15H22BrNO3/c1-4-18-8-13(10(2)3)17-7-11-5-14-15(6-12(11)16)20-9-19-14/h5-6,10,13,17H,4,7-9H2,1-3H3. The van der Waals surface area contributed by atoms with E-state index in [1.165, 1.54) is 0 Å². The van der Waals surface area contributed by atoms with Gasteiger partial charge >= 0.3 is 0 Å². The quantitative estimate of drug-likeness (QED) is 0.824. The van der Waals surface area contributed by atoms with E-state index in [-0.39, 0.29) is 0 Å². The molecule has 112 valence electrons. The fraction of sp³-hybridized carbons (Fsp3) is 0.600. The Kier molecular flexibility index (Phi) is 5.69. The average molecular weight is 344 g/mol. The third-order valence-corrected chi connectivity index (χ3v) is 4.14. The largest absolute Gasteiger partial charge is 0.454 e. The molecule has 0 saturated carbocycles. The molecule has 2 rings (SSSR count). The van der Waals surface area contributed by atoms with Crippen molar-refractivity contribution in [2.24, 2.45) is 5.92 Å². The first-order valence-electron chi connectivity index (χ1n) is 7.01. The molecule has 1 aromatic rings. The zero-order chi connectivity index (χ0) is 14.5. The lowest BCUT2D eigenvalue weighted by atomic mass is 10.0. The van der Waals surface area contributed by atoms with Crippen LogP contribution in [0, 0.1) is 5.92 Å². The fourth-order valence-corrected chi connectivity index (χ4v) is 2.53. The summed E-state index contributed by atoms with van der Waals surface area (Å²) < 4.78 is 17.3. The molecule has 1 aliphatic rings. The smallest absolute Gasteiger partial charge is 0.231 e. The number of benzene rings is 1. The van der Waals surface area contributed by atoms with Crippen molar-refractivity contribution in [2.75, 3.05) is 20.0 Å². The first-order chi connectivity index (χ1) is 9.61. The second-order valence-corrected chi connectivity index (χ2v) is 6.04. The van der Waals surface area contributed by atoms with E-state index in [2.05, 4.69) is 35.1 Å². The molecule has 5 heteroatoms. The van der Waals surface area contributed by atoms with E-state index in [9.17, 15) is 0 Å². The number of rotatable bonds is 7. The van der Waals surface area contributed by atoms with E-state index < -0.39 is 0 Å². The van der Waals surface area contributed by atoms with Crippen molar-refractivity contribution in [2.45, 2.75) is 33.4 Å². The van der Waals surface area contributed by atoms with Crippen LogP contribution in [0.25, 0.3) is 0 Å². The second kappa shape index (κ2) is 7.29. The molecule has 0 aliphatic carbocycles. The highest BCUT2D eigenvalue weighted by Gasteiger charge is 2.18. The van der Waals surface area contributed by atoms with E-state index >= 15 is 0 Å². The normalized spacial score (nSPS) is 14.8. The molecule has 0 fully saturated rings. The van der Waals surface area contributed by atoms with Gasteiger partial charge in [0.05, 0.1) is 6.61 Å². The van der Waals surface area contributed by atoms with Crippen LogP contribution in [-0.4, -0.2) is 26.0 Å². The van der Waals surface area contributed by atoms with Crippen LogP contribution in [0.15, 0.2) is 16.6 Å². The molecule has 0 amide bonds. The third kappa shape index (κ3) is 3.87. The Morgan fingerprint density at radius 2 is 2.00 bits per heavy atom. The summed E-state index contributed by atoms with van der Waals surface area (Å²) >= 11 is 3.58. The van der Waals surface area contributed by atoms with Gasteiger partial charge in [-0.2, -0.15) is 0 Å². The van der Waals surface area contributed by atoms with E-state index in [1.54, 1.807) is 0 Å². The predicted molar refractivity (Wildman–Crippen MR) is 82.2 cm³/mol. The Bertz CT molecular complexity index is 451. The number of nitrogens with one attached hydrogen (secondary N) is 1. The minimum Gasteiger partial charge on any atom is -0.454 e. The molecule has 1 atom stereocenters. The molecule has 0 spiro atoms. The van der Waals surface area contributed by atoms with Gasteiger partial charge < -0.3 is 19.5 Å². The molecule has 1 unspecified atom stereocenters. The fourth-order valence-electron chi connectivity index (χ4n) is 2.07. The Labute approximate surface area is 128 Å². The molecule has 1 aliphatic heterocycles. The predicted octanol–water partition coefficient (Wildman–Crippen LogP) is 3.33. The first kappa shape index (κ1) is 15.6. The van der Waals surface area contributed by atoms with Gasteiger partial charge in [-0.15, -0.1) is 0 Å². The van der Waals surface area contributed by atoms with Gasteiger partial charge in [0.2, 0.25) is 6.79 Å². The van der Waals surface area contributed by atoms with Crippen LogP contribution in [0.3, 0.4) is 0 Å². The molecule has 0 aromatic heterocycles. The van der Waals surface area contributed by atoms with Crippen LogP contribution in [0.4, 0.5) is 0 Å². The summed E-state index contributed by atoms with van der Waals surface area (Å²) in [5.41, 5.74) is 1.16. The topological polar surface area (TPSA) is 39.7 Å². The molecule has 1 N–H and O–H groups in total. The van der Waals surface area contributed by atoms with Crippen molar-refractivity contribution in [3.8, 4) is 11.5 Å². The first-order valence-corrected chi connectivity index (χ1v) is 7.80. The highest BCUT2D eigenvalue weighted by molar-refractivity contribution is 9.10. The number of halogens is 1. The summed E-state index contributed by atoms with van der Waals surface area (Å²) in [5, 5.41) is 3.55. The highest BCUT2D eigenvalue weighted by atomic mass is 79.9. The molecule has 0 radical (unpaired) electrons. The van der Waals surface area contributed by atoms with Crippen molar-refractivity contribution >= 4 is 15.9 Å². The summed E-state index contributed by atoms with van der Waals surface area (Å²) in [4.78, 5) is 0. The molecule has 20 heavy (non-hydrogen) atoms. The summed E-state index contributed by atoms with van der Waals surface area (Å²) in [6.07, 6.45) is 0. The maximum Gasteiger partial charge on any atom is 0.231 e. The molecule has 0 bridgehead atoms.